The molecule has 9 heteroatoms. The van der Waals surface area contributed by atoms with Gasteiger partial charge in [-0.1, -0.05) is 25.1 Å². The molecular formula is C15H27IN4O2S2. The molecule has 0 heterocycles. The van der Waals surface area contributed by atoms with Gasteiger partial charge in [0.15, 0.2) is 5.96 Å². The van der Waals surface area contributed by atoms with Gasteiger partial charge in [-0.05, 0) is 19.1 Å². The number of nitrogens with zero attached hydrogens (tertiary/aromatic N) is 1. The maximum absolute atomic E-state index is 11.0. The van der Waals surface area contributed by atoms with Gasteiger partial charge in [0.1, 0.15) is 0 Å². The highest BCUT2D eigenvalue weighted by Crippen LogP contribution is 2.22. The third-order valence-corrected chi connectivity index (χ3v) is 4.54. The van der Waals surface area contributed by atoms with Gasteiger partial charge in [0.05, 0.1) is 12.8 Å². The van der Waals surface area contributed by atoms with Crippen LogP contribution in [0.1, 0.15) is 13.8 Å². The van der Waals surface area contributed by atoms with Crippen LogP contribution in [0.3, 0.4) is 0 Å². The number of rotatable bonds is 9. The minimum absolute atomic E-state index is 0. The number of hydrogen-bond acceptors (Lipinski definition) is 4. The molecule has 1 unspecified atom stereocenters. The van der Waals surface area contributed by atoms with Crippen LogP contribution in [0.2, 0.25) is 0 Å². The van der Waals surface area contributed by atoms with Crippen LogP contribution >= 0.6 is 35.7 Å². The summed E-state index contributed by atoms with van der Waals surface area (Å²) in [6.45, 7) is 6.38. The second kappa shape index (κ2) is 12.8. The summed E-state index contributed by atoms with van der Waals surface area (Å²) in [7, 11) is -3.15. The number of nitrogens with one attached hydrogen (secondary N) is 3. The summed E-state index contributed by atoms with van der Waals surface area (Å²) in [6, 6.07) is 10.2. The van der Waals surface area contributed by atoms with Crippen molar-refractivity contribution in [2.24, 2.45) is 4.99 Å². The van der Waals surface area contributed by atoms with Crippen molar-refractivity contribution in [3.05, 3.63) is 30.3 Å². The van der Waals surface area contributed by atoms with E-state index in [0.29, 0.717) is 30.8 Å². The molecule has 0 spiro atoms. The van der Waals surface area contributed by atoms with Gasteiger partial charge in [-0.25, -0.2) is 13.1 Å². The Morgan fingerprint density at radius 3 is 2.46 bits per heavy atom. The number of hydrogen-bond donors (Lipinski definition) is 3. The van der Waals surface area contributed by atoms with E-state index >= 15 is 0 Å². The Morgan fingerprint density at radius 2 is 1.88 bits per heavy atom. The number of thioether (sulfide) groups is 1. The van der Waals surface area contributed by atoms with Crippen molar-refractivity contribution in [3.8, 4) is 0 Å². The maximum Gasteiger partial charge on any atom is 0.208 e. The average Bonchev–Trinajstić information content (AvgIpc) is 2.49. The first kappa shape index (κ1) is 23.5. The van der Waals surface area contributed by atoms with Crippen LogP contribution in [-0.2, 0) is 10.0 Å². The van der Waals surface area contributed by atoms with Gasteiger partial charge in [-0.3, -0.25) is 4.99 Å². The number of aliphatic imine (C=N–C) groups is 1. The number of guanidine groups is 1. The standard InChI is InChI=1S/C15H26N4O2S2.HI/c1-4-16-15(17-10-11-19-23(3,20)21)18-12-13(2)22-14-8-6-5-7-9-14;/h5-9,13,19H,4,10-12H2,1-3H3,(H2,16,17,18);1H. The molecule has 1 rings (SSSR count). The fourth-order valence-electron chi connectivity index (χ4n) is 1.75. The predicted octanol–water partition coefficient (Wildman–Crippen LogP) is 1.89. The summed E-state index contributed by atoms with van der Waals surface area (Å²) >= 11 is 1.78. The largest absolute Gasteiger partial charge is 0.357 e. The quantitative estimate of drug-likeness (QED) is 0.163. The van der Waals surface area contributed by atoms with Crippen LogP contribution in [0.15, 0.2) is 40.2 Å². The van der Waals surface area contributed by atoms with Crippen molar-refractivity contribution in [3.63, 3.8) is 0 Å². The van der Waals surface area contributed by atoms with E-state index in [0.717, 1.165) is 12.8 Å². The van der Waals surface area contributed by atoms with Crippen LogP contribution in [0.25, 0.3) is 0 Å². The zero-order valence-electron chi connectivity index (χ0n) is 14.3. The monoisotopic (exact) mass is 486 g/mol. The Balaban J connectivity index is 0.00000529. The SMILES string of the molecule is CCNC(=NCC(C)Sc1ccccc1)NCCNS(C)(=O)=O.I. The molecule has 1 aromatic carbocycles. The third-order valence-electron chi connectivity index (χ3n) is 2.71. The van der Waals surface area contributed by atoms with Crippen LogP contribution in [0.4, 0.5) is 0 Å². The van der Waals surface area contributed by atoms with E-state index in [2.05, 4.69) is 39.4 Å². The van der Waals surface area contributed by atoms with Gasteiger partial charge in [0, 0.05) is 29.8 Å². The summed E-state index contributed by atoms with van der Waals surface area (Å²) in [4.78, 5) is 5.77. The first-order valence-electron chi connectivity index (χ1n) is 7.59. The normalized spacial score (nSPS) is 13.0. The molecule has 0 saturated heterocycles. The molecular weight excluding hydrogens is 459 g/mol. The molecule has 0 aliphatic carbocycles. The summed E-state index contributed by atoms with van der Waals surface area (Å²) < 4.78 is 24.4. The zero-order valence-corrected chi connectivity index (χ0v) is 18.2. The van der Waals surface area contributed by atoms with Crippen LogP contribution in [0, 0.1) is 0 Å². The molecule has 1 atom stereocenters. The summed E-state index contributed by atoms with van der Waals surface area (Å²) in [5.74, 6) is 0.698. The Labute approximate surface area is 166 Å². The molecule has 6 nitrogen and oxygen atoms in total. The van der Waals surface area contributed by atoms with Gasteiger partial charge in [0.25, 0.3) is 0 Å². The Kier molecular flexibility index (Phi) is 12.5. The van der Waals surface area contributed by atoms with E-state index in [1.54, 1.807) is 11.8 Å². The molecule has 0 aliphatic heterocycles. The summed E-state index contributed by atoms with van der Waals surface area (Å²) in [5.41, 5.74) is 0. The second-order valence-corrected chi connectivity index (χ2v) is 8.40. The van der Waals surface area contributed by atoms with Gasteiger partial charge in [0.2, 0.25) is 10.0 Å². The van der Waals surface area contributed by atoms with E-state index < -0.39 is 10.0 Å². The van der Waals surface area contributed by atoms with E-state index in [1.165, 1.54) is 4.90 Å². The average molecular weight is 486 g/mol. The number of benzene rings is 1. The lowest BCUT2D eigenvalue weighted by Gasteiger charge is -2.13. The number of sulfonamides is 1. The molecule has 0 bridgehead atoms. The second-order valence-electron chi connectivity index (χ2n) is 5.05. The smallest absolute Gasteiger partial charge is 0.208 e. The fraction of sp³-hybridized carbons (Fsp3) is 0.533. The molecule has 0 amide bonds. The Morgan fingerprint density at radius 1 is 1.21 bits per heavy atom. The highest BCUT2D eigenvalue weighted by atomic mass is 127. The fourth-order valence-corrected chi connectivity index (χ4v) is 3.15. The maximum atomic E-state index is 11.0. The highest BCUT2D eigenvalue weighted by molar-refractivity contribution is 14.0. The van der Waals surface area contributed by atoms with Gasteiger partial charge in [-0.15, -0.1) is 35.7 Å². The molecule has 0 saturated carbocycles. The topological polar surface area (TPSA) is 82.6 Å². The van der Waals surface area contributed by atoms with Crippen molar-refractivity contribution in [1.29, 1.82) is 0 Å². The third kappa shape index (κ3) is 11.9. The predicted molar refractivity (Wildman–Crippen MR) is 114 cm³/mol. The Bertz CT molecular complexity index is 582. The molecule has 1 aromatic rings. The van der Waals surface area contributed by atoms with Crippen LogP contribution in [-0.4, -0.2) is 52.1 Å². The van der Waals surface area contributed by atoms with Crippen molar-refractivity contribution in [2.75, 3.05) is 32.4 Å². The lowest BCUT2D eigenvalue weighted by Crippen LogP contribution is -2.41. The summed E-state index contributed by atoms with van der Waals surface area (Å²) in [6.07, 6.45) is 1.15. The molecule has 0 fully saturated rings. The Hall–Kier alpha value is -0.520. The molecule has 0 radical (unpaired) electrons. The molecule has 3 N–H and O–H groups in total. The van der Waals surface area contributed by atoms with E-state index in [1.807, 2.05) is 25.1 Å². The van der Waals surface area contributed by atoms with Crippen molar-refractivity contribution in [2.45, 2.75) is 24.0 Å². The first-order valence-corrected chi connectivity index (χ1v) is 10.4. The molecule has 0 aliphatic rings. The summed E-state index contributed by atoms with van der Waals surface area (Å²) in [5, 5.41) is 6.62. The lowest BCUT2D eigenvalue weighted by molar-refractivity contribution is 0.586. The van der Waals surface area contributed by atoms with E-state index in [-0.39, 0.29) is 24.0 Å². The van der Waals surface area contributed by atoms with Crippen molar-refractivity contribution >= 4 is 51.7 Å². The first-order chi connectivity index (χ1) is 10.9. The van der Waals surface area contributed by atoms with Gasteiger partial charge in [-0.2, -0.15) is 0 Å². The van der Waals surface area contributed by atoms with Crippen molar-refractivity contribution in [1.82, 2.24) is 15.4 Å². The minimum Gasteiger partial charge on any atom is -0.357 e. The zero-order chi connectivity index (χ0) is 17.1. The lowest BCUT2D eigenvalue weighted by atomic mass is 10.4. The molecule has 0 aromatic heterocycles. The minimum atomic E-state index is -3.15. The van der Waals surface area contributed by atoms with E-state index in [9.17, 15) is 8.42 Å². The van der Waals surface area contributed by atoms with Gasteiger partial charge >= 0.3 is 0 Å². The van der Waals surface area contributed by atoms with Crippen molar-refractivity contribution < 1.29 is 8.42 Å². The van der Waals surface area contributed by atoms with Crippen LogP contribution < -0.4 is 15.4 Å². The van der Waals surface area contributed by atoms with Crippen LogP contribution in [0.5, 0.6) is 0 Å². The molecule has 24 heavy (non-hydrogen) atoms. The van der Waals surface area contributed by atoms with E-state index in [4.69, 9.17) is 0 Å². The molecule has 138 valence electrons. The highest BCUT2D eigenvalue weighted by Gasteiger charge is 2.05. The number of halogens is 1. The van der Waals surface area contributed by atoms with Gasteiger partial charge < -0.3 is 10.6 Å².